The number of anilines is 2. The van der Waals surface area contributed by atoms with Crippen LogP contribution in [0.1, 0.15) is 15.9 Å². The Morgan fingerprint density at radius 1 is 1.03 bits per heavy atom. The van der Waals surface area contributed by atoms with Crippen LogP contribution in [-0.4, -0.2) is 26.4 Å². The van der Waals surface area contributed by atoms with Crippen LogP contribution in [0.15, 0.2) is 65.6 Å². The molecule has 32 heavy (non-hydrogen) atoms. The van der Waals surface area contributed by atoms with Gasteiger partial charge in [0.15, 0.2) is 0 Å². The highest BCUT2D eigenvalue weighted by atomic mass is 32.2. The van der Waals surface area contributed by atoms with Crippen molar-refractivity contribution in [2.24, 2.45) is 0 Å². The Kier molecular flexibility index (Phi) is 6.40. The Bertz CT molecular complexity index is 1290. The summed E-state index contributed by atoms with van der Waals surface area (Å²) in [6.45, 7) is 1.64. The number of rotatable bonds is 7. The van der Waals surface area contributed by atoms with E-state index >= 15 is 0 Å². The molecule has 0 bridgehead atoms. The maximum atomic E-state index is 13.2. The summed E-state index contributed by atoms with van der Waals surface area (Å²) in [5.41, 5.74) is 0.725. The van der Waals surface area contributed by atoms with E-state index in [2.05, 4.69) is 10.0 Å². The lowest BCUT2D eigenvalue weighted by Crippen LogP contribution is -2.15. The van der Waals surface area contributed by atoms with E-state index < -0.39 is 26.7 Å². The number of nitro groups is 1. The molecule has 0 heterocycles. The summed E-state index contributed by atoms with van der Waals surface area (Å²) in [6, 6.07) is 12.5. The maximum absolute atomic E-state index is 13.2. The van der Waals surface area contributed by atoms with Crippen LogP contribution in [0.25, 0.3) is 0 Å². The van der Waals surface area contributed by atoms with Crippen LogP contribution in [0.5, 0.6) is 5.75 Å². The first-order chi connectivity index (χ1) is 15.1. The number of methoxy groups -OCH3 is 1. The number of sulfonamides is 1. The number of amides is 1. The van der Waals surface area contributed by atoms with Gasteiger partial charge in [-0.05, 0) is 61.0 Å². The summed E-state index contributed by atoms with van der Waals surface area (Å²) in [6.07, 6.45) is 0. The van der Waals surface area contributed by atoms with Crippen molar-refractivity contribution in [3.63, 3.8) is 0 Å². The molecule has 9 nitrogen and oxygen atoms in total. The molecule has 0 aromatic heterocycles. The minimum atomic E-state index is -4.13. The lowest BCUT2D eigenvalue weighted by molar-refractivity contribution is -0.384. The van der Waals surface area contributed by atoms with Gasteiger partial charge < -0.3 is 10.1 Å². The molecule has 0 atom stereocenters. The number of hydrogen-bond acceptors (Lipinski definition) is 6. The minimum absolute atomic E-state index is 0.102. The molecular formula is C21H18FN3O6S. The number of nitrogens with one attached hydrogen (secondary N) is 2. The molecule has 2 N–H and O–H groups in total. The summed E-state index contributed by atoms with van der Waals surface area (Å²) in [7, 11) is -2.83. The van der Waals surface area contributed by atoms with Crippen molar-refractivity contribution in [3.05, 3.63) is 87.7 Å². The number of benzene rings is 3. The first-order valence-electron chi connectivity index (χ1n) is 9.13. The van der Waals surface area contributed by atoms with Crippen LogP contribution in [0, 0.1) is 22.9 Å². The average molecular weight is 459 g/mol. The van der Waals surface area contributed by atoms with Gasteiger partial charge in [-0.1, -0.05) is 0 Å². The average Bonchev–Trinajstić information content (AvgIpc) is 2.75. The number of carbonyl (C=O) groups is 1. The van der Waals surface area contributed by atoms with E-state index in [4.69, 9.17) is 4.74 Å². The van der Waals surface area contributed by atoms with E-state index in [0.717, 1.165) is 6.07 Å². The lowest BCUT2D eigenvalue weighted by Gasteiger charge is -2.12. The molecule has 0 radical (unpaired) electrons. The zero-order valence-electron chi connectivity index (χ0n) is 17.0. The highest BCUT2D eigenvalue weighted by molar-refractivity contribution is 7.92. The topological polar surface area (TPSA) is 128 Å². The van der Waals surface area contributed by atoms with Crippen molar-refractivity contribution in [3.8, 4) is 5.75 Å². The molecule has 11 heteroatoms. The van der Waals surface area contributed by atoms with E-state index in [1.165, 1.54) is 61.7 Å². The highest BCUT2D eigenvalue weighted by Gasteiger charge is 2.20. The van der Waals surface area contributed by atoms with Gasteiger partial charge in [0.25, 0.3) is 21.6 Å². The Hall–Kier alpha value is -3.99. The summed E-state index contributed by atoms with van der Waals surface area (Å²) in [5, 5.41) is 13.6. The molecule has 0 aliphatic carbocycles. The Morgan fingerprint density at radius 3 is 2.31 bits per heavy atom. The fourth-order valence-electron chi connectivity index (χ4n) is 2.84. The van der Waals surface area contributed by atoms with Gasteiger partial charge in [-0.25, -0.2) is 12.8 Å². The summed E-state index contributed by atoms with van der Waals surface area (Å²) >= 11 is 0. The van der Waals surface area contributed by atoms with Crippen LogP contribution in [0.3, 0.4) is 0 Å². The third kappa shape index (κ3) is 5.01. The number of hydrogen-bond donors (Lipinski definition) is 2. The van der Waals surface area contributed by atoms with Crippen molar-refractivity contribution in [1.29, 1.82) is 0 Å². The van der Waals surface area contributed by atoms with Gasteiger partial charge in [-0.15, -0.1) is 0 Å². The van der Waals surface area contributed by atoms with Crippen LogP contribution in [0.4, 0.5) is 21.5 Å². The number of nitro benzene ring substituents is 1. The highest BCUT2D eigenvalue weighted by Crippen LogP contribution is 2.31. The zero-order valence-corrected chi connectivity index (χ0v) is 17.8. The van der Waals surface area contributed by atoms with Gasteiger partial charge in [0, 0.05) is 23.4 Å². The molecule has 3 aromatic carbocycles. The maximum Gasteiger partial charge on any atom is 0.271 e. The normalized spacial score (nSPS) is 11.0. The van der Waals surface area contributed by atoms with Crippen LogP contribution < -0.4 is 14.8 Å². The third-order valence-corrected chi connectivity index (χ3v) is 5.88. The second-order valence-electron chi connectivity index (χ2n) is 6.68. The van der Waals surface area contributed by atoms with Crippen LogP contribution in [0.2, 0.25) is 0 Å². The van der Waals surface area contributed by atoms with E-state index in [1.807, 2.05) is 0 Å². The monoisotopic (exact) mass is 459 g/mol. The number of ether oxygens (including phenoxy) is 1. The molecule has 3 aromatic rings. The Morgan fingerprint density at radius 2 is 1.72 bits per heavy atom. The van der Waals surface area contributed by atoms with Gasteiger partial charge in [-0.2, -0.15) is 0 Å². The number of carbonyl (C=O) groups excluding carboxylic acids is 1. The van der Waals surface area contributed by atoms with E-state index in [-0.39, 0.29) is 27.6 Å². The van der Waals surface area contributed by atoms with Crippen molar-refractivity contribution in [2.45, 2.75) is 11.8 Å². The summed E-state index contributed by atoms with van der Waals surface area (Å²) in [5.74, 6) is -0.829. The second-order valence-corrected chi connectivity index (χ2v) is 8.37. The smallest absolute Gasteiger partial charge is 0.271 e. The van der Waals surface area contributed by atoms with Crippen molar-refractivity contribution in [1.82, 2.24) is 0 Å². The first kappa shape index (κ1) is 22.7. The van der Waals surface area contributed by atoms with Gasteiger partial charge in [-0.3, -0.25) is 19.6 Å². The van der Waals surface area contributed by atoms with Gasteiger partial charge in [0.1, 0.15) is 11.6 Å². The SMILES string of the molecule is COc1ccc([N+](=O)[O-])cc1NS(=O)(=O)c1ccc(C(=O)Nc2ccc(F)cc2C)cc1. The van der Waals surface area contributed by atoms with E-state index in [9.17, 15) is 27.7 Å². The quantitative estimate of drug-likeness (QED) is 0.404. The predicted molar refractivity (Wildman–Crippen MR) is 116 cm³/mol. The standard InChI is InChI=1S/C21H18FN3O6S/c1-13-11-15(22)5-9-18(13)23-21(26)14-3-7-17(8-4-14)32(29,30)24-19-12-16(25(27)28)6-10-20(19)31-2/h3-12,24H,1-2H3,(H,23,26). The largest absolute Gasteiger partial charge is 0.495 e. The molecule has 0 fully saturated rings. The number of nitrogens with zero attached hydrogens (tertiary/aromatic N) is 1. The number of aryl methyl sites for hydroxylation is 1. The fraction of sp³-hybridized carbons (Fsp3) is 0.0952. The third-order valence-electron chi connectivity index (χ3n) is 4.50. The van der Waals surface area contributed by atoms with Gasteiger partial charge >= 0.3 is 0 Å². The lowest BCUT2D eigenvalue weighted by atomic mass is 10.1. The Labute approximate surface area is 183 Å². The van der Waals surface area contributed by atoms with Crippen molar-refractivity contribution >= 4 is 33.0 Å². The second kappa shape index (κ2) is 9.02. The Balaban J connectivity index is 1.81. The molecule has 3 rings (SSSR count). The van der Waals surface area contributed by atoms with E-state index in [0.29, 0.717) is 11.3 Å². The van der Waals surface area contributed by atoms with Crippen molar-refractivity contribution in [2.75, 3.05) is 17.1 Å². The molecule has 0 spiro atoms. The van der Waals surface area contributed by atoms with Crippen LogP contribution >= 0.6 is 0 Å². The molecular weight excluding hydrogens is 441 g/mol. The van der Waals surface area contributed by atoms with E-state index in [1.54, 1.807) is 6.92 Å². The summed E-state index contributed by atoms with van der Waals surface area (Å²) < 4.78 is 46.0. The fourth-order valence-corrected chi connectivity index (χ4v) is 3.90. The molecule has 0 saturated carbocycles. The number of non-ortho nitro benzene ring substituents is 1. The van der Waals surface area contributed by atoms with Crippen LogP contribution in [-0.2, 0) is 10.0 Å². The number of halogens is 1. The molecule has 1 amide bonds. The minimum Gasteiger partial charge on any atom is -0.495 e. The zero-order chi connectivity index (χ0) is 23.5. The predicted octanol–water partition coefficient (Wildman–Crippen LogP) is 4.10. The van der Waals surface area contributed by atoms with Crippen molar-refractivity contribution < 1.29 is 27.3 Å². The van der Waals surface area contributed by atoms with Gasteiger partial charge in [0.05, 0.1) is 22.6 Å². The molecule has 166 valence electrons. The summed E-state index contributed by atoms with van der Waals surface area (Å²) in [4.78, 5) is 22.6. The first-order valence-corrected chi connectivity index (χ1v) is 10.6. The van der Waals surface area contributed by atoms with Gasteiger partial charge in [0.2, 0.25) is 0 Å². The molecule has 0 aliphatic heterocycles. The molecule has 0 aliphatic rings. The molecule has 0 saturated heterocycles. The molecule has 0 unspecified atom stereocenters.